The van der Waals surface area contributed by atoms with Crippen LogP contribution in [0.4, 0.5) is 9.59 Å². The van der Waals surface area contributed by atoms with Gasteiger partial charge in [0.2, 0.25) is 0 Å². The lowest BCUT2D eigenvalue weighted by Crippen LogP contribution is -2.40. The van der Waals surface area contributed by atoms with E-state index in [1.54, 1.807) is 54.7 Å². The SMILES string of the molecule is CN(Cc1ccccc1)[C@@H](c1ccnn1C(=O)OC(C)(C)C)[C@H](O)COC(=O)OC(C)(C)C. The van der Waals surface area contributed by atoms with E-state index >= 15 is 0 Å². The van der Waals surface area contributed by atoms with Gasteiger partial charge in [-0.2, -0.15) is 9.78 Å². The molecule has 2 rings (SSSR count). The number of hydrogen-bond acceptors (Lipinski definition) is 8. The Morgan fingerprint density at radius 3 is 2.21 bits per heavy atom. The number of aliphatic hydroxyl groups excluding tert-OH is 1. The maximum atomic E-state index is 12.7. The van der Waals surface area contributed by atoms with Gasteiger partial charge in [-0.1, -0.05) is 30.3 Å². The third-order valence-corrected chi connectivity index (χ3v) is 4.42. The fourth-order valence-corrected chi connectivity index (χ4v) is 3.21. The van der Waals surface area contributed by atoms with Crippen LogP contribution in [0.2, 0.25) is 0 Å². The second-order valence-corrected chi connectivity index (χ2v) is 9.84. The highest BCUT2D eigenvalue weighted by Crippen LogP contribution is 2.26. The molecule has 9 nitrogen and oxygen atoms in total. The van der Waals surface area contributed by atoms with Gasteiger partial charge in [-0.05, 0) is 60.2 Å². The number of rotatable bonds is 7. The molecule has 0 fully saturated rings. The Hall–Kier alpha value is -2.91. The van der Waals surface area contributed by atoms with Crippen LogP contribution in [0.1, 0.15) is 58.8 Å². The minimum Gasteiger partial charge on any atom is -0.442 e. The van der Waals surface area contributed by atoms with Crippen molar-refractivity contribution < 1.29 is 28.9 Å². The van der Waals surface area contributed by atoms with Crippen molar-refractivity contribution in [3.05, 3.63) is 53.9 Å². The van der Waals surface area contributed by atoms with Crippen LogP contribution in [0.15, 0.2) is 42.6 Å². The first-order valence-corrected chi connectivity index (χ1v) is 10.8. The number of ether oxygens (including phenoxy) is 3. The average Bonchev–Trinajstić information content (AvgIpc) is 3.14. The Morgan fingerprint density at radius 2 is 1.64 bits per heavy atom. The maximum Gasteiger partial charge on any atom is 0.508 e. The number of aliphatic hydroxyl groups is 1. The Labute approximate surface area is 195 Å². The summed E-state index contributed by atoms with van der Waals surface area (Å²) in [6.45, 7) is 10.6. The summed E-state index contributed by atoms with van der Waals surface area (Å²) in [6.07, 6.45) is -1.26. The fraction of sp³-hybridized carbons (Fsp3) is 0.542. The quantitative estimate of drug-likeness (QED) is 0.614. The summed E-state index contributed by atoms with van der Waals surface area (Å²) in [7, 11) is 1.81. The summed E-state index contributed by atoms with van der Waals surface area (Å²) in [4.78, 5) is 26.6. The third-order valence-electron chi connectivity index (χ3n) is 4.42. The molecule has 0 radical (unpaired) electrons. The zero-order valence-corrected chi connectivity index (χ0v) is 20.4. The summed E-state index contributed by atoms with van der Waals surface area (Å²) < 4.78 is 16.9. The number of carbonyl (C=O) groups excluding carboxylic acids is 2. The molecule has 2 aromatic rings. The van der Waals surface area contributed by atoms with Crippen LogP contribution < -0.4 is 0 Å². The van der Waals surface area contributed by atoms with Crippen LogP contribution in [-0.2, 0) is 20.8 Å². The smallest absolute Gasteiger partial charge is 0.442 e. The van der Waals surface area contributed by atoms with Crippen LogP contribution in [-0.4, -0.2) is 63.0 Å². The summed E-state index contributed by atoms with van der Waals surface area (Å²) in [6, 6.07) is 10.6. The maximum absolute atomic E-state index is 12.7. The zero-order chi connectivity index (χ0) is 24.8. The van der Waals surface area contributed by atoms with E-state index < -0.39 is 35.6 Å². The number of likely N-dealkylation sites (N-methyl/N-ethyl adjacent to an activating group) is 1. The van der Waals surface area contributed by atoms with Gasteiger partial charge >= 0.3 is 12.2 Å². The molecule has 0 saturated carbocycles. The Bertz CT molecular complexity index is 914. The molecule has 1 N–H and O–H groups in total. The van der Waals surface area contributed by atoms with Gasteiger partial charge in [-0.15, -0.1) is 0 Å². The molecule has 1 aromatic carbocycles. The first-order chi connectivity index (χ1) is 15.3. The van der Waals surface area contributed by atoms with E-state index in [9.17, 15) is 14.7 Å². The Morgan fingerprint density at radius 1 is 1.03 bits per heavy atom. The number of hydrogen-bond donors (Lipinski definition) is 1. The molecule has 2 atom stereocenters. The highest BCUT2D eigenvalue weighted by molar-refractivity contribution is 5.70. The van der Waals surface area contributed by atoms with Crippen LogP contribution >= 0.6 is 0 Å². The second-order valence-electron chi connectivity index (χ2n) is 9.84. The molecule has 9 heteroatoms. The van der Waals surface area contributed by atoms with Crippen LogP contribution in [0.5, 0.6) is 0 Å². The molecular weight excluding hydrogens is 426 g/mol. The first-order valence-electron chi connectivity index (χ1n) is 10.8. The second kappa shape index (κ2) is 10.8. The summed E-state index contributed by atoms with van der Waals surface area (Å²) in [5, 5.41) is 15.2. The largest absolute Gasteiger partial charge is 0.508 e. The number of benzene rings is 1. The lowest BCUT2D eigenvalue weighted by atomic mass is 10.1. The normalized spacial score (nSPS) is 14.0. The predicted octanol–water partition coefficient (Wildman–Crippen LogP) is 4.15. The van der Waals surface area contributed by atoms with Crippen molar-refractivity contribution in [3.8, 4) is 0 Å². The lowest BCUT2D eigenvalue weighted by molar-refractivity contribution is -0.0424. The summed E-state index contributed by atoms with van der Waals surface area (Å²) in [5.41, 5.74) is -0.0259. The van der Waals surface area contributed by atoms with Crippen molar-refractivity contribution in [1.29, 1.82) is 0 Å². The molecule has 0 bridgehead atoms. The van der Waals surface area contributed by atoms with E-state index in [0.29, 0.717) is 12.2 Å². The zero-order valence-electron chi connectivity index (χ0n) is 20.4. The third kappa shape index (κ3) is 8.51. The fourth-order valence-electron chi connectivity index (χ4n) is 3.21. The molecule has 33 heavy (non-hydrogen) atoms. The number of aromatic nitrogens is 2. The average molecular weight is 462 g/mol. The van der Waals surface area contributed by atoms with Gasteiger partial charge in [-0.25, -0.2) is 9.59 Å². The van der Waals surface area contributed by atoms with Gasteiger partial charge in [0, 0.05) is 12.7 Å². The molecule has 0 amide bonds. The molecule has 182 valence electrons. The van der Waals surface area contributed by atoms with Gasteiger partial charge in [0.15, 0.2) is 0 Å². The predicted molar refractivity (Wildman–Crippen MR) is 123 cm³/mol. The molecular formula is C24H35N3O6. The number of nitrogens with zero attached hydrogens (tertiary/aromatic N) is 3. The molecule has 1 heterocycles. The van der Waals surface area contributed by atoms with Gasteiger partial charge in [-0.3, -0.25) is 4.90 Å². The van der Waals surface area contributed by atoms with E-state index in [0.717, 1.165) is 10.2 Å². The summed E-state index contributed by atoms with van der Waals surface area (Å²) in [5.74, 6) is 0. The van der Waals surface area contributed by atoms with Crippen molar-refractivity contribution in [2.75, 3.05) is 13.7 Å². The molecule has 0 spiro atoms. The minimum atomic E-state index is -1.18. The van der Waals surface area contributed by atoms with Crippen molar-refractivity contribution in [3.63, 3.8) is 0 Å². The van der Waals surface area contributed by atoms with E-state index in [1.807, 2.05) is 35.2 Å². The van der Waals surface area contributed by atoms with Gasteiger partial charge in [0.25, 0.3) is 0 Å². The lowest BCUT2D eigenvalue weighted by Gasteiger charge is -2.32. The highest BCUT2D eigenvalue weighted by Gasteiger charge is 2.33. The molecule has 1 aromatic heterocycles. The monoisotopic (exact) mass is 461 g/mol. The first kappa shape index (κ1) is 26.3. The van der Waals surface area contributed by atoms with Crippen LogP contribution in [0, 0.1) is 0 Å². The van der Waals surface area contributed by atoms with E-state index in [-0.39, 0.29) is 6.61 Å². The molecule has 0 aliphatic heterocycles. The van der Waals surface area contributed by atoms with Crippen molar-refractivity contribution in [2.45, 2.75) is 71.4 Å². The molecule has 0 saturated heterocycles. The van der Waals surface area contributed by atoms with E-state index in [2.05, 4.69) is 5.10 Å². The van der Waals surface area contributed by atoms with Gasteiger partial charge < -0.3 is 19.3 Å². The van der Waals surface area contributed by atoms with E-state index in [4.69, 9.17) is 14.2 Å². The van der Waals surface area contributed by atoms with Gasteiger partial charge in [0.05, 0.1) is 11.7 Å². The van der Waals surface area contributed by atoms with Crippen molar-refractivity contribution in [2.24, 2.45) is 0 Å². The standard InChI is InChI=1S/C24H35N3O6/c1-23(2,3)32-21(29)27-18(13-14-25-27)20(26(7)15-17-11-9-8-10-12-17)19(28)16-31-22(30)33-24(4,5)6/h8-14,19-20,28H,15-16H2,1-7H3/t19-,20+/m1/s1. The minimum absolute atomic E-state index is 0.335. The van der Waals surface area contributed by atoms with Crippen LogP contribution in [0.25, 0.3) is 0 Å². The highest BCUT2D eigenvalue weighted by atomic mass is 16.7. The van der Waals surface area contributed by atoms with Crippen molar-refractivity contribution in [1.82, 2.24) is 14.7 Å². The molecule has 0 unspecified atom stereocenters. The number of carbonyl (C=O) groups is 2. The Balaban J connectivity index is 2.29. The van der Waals surface area contributed by atoms with Gasteiger partial charge in [0.1, 0.15) is 23.9 Å². The van der Waals surface area contributed by atoms with Crippen molar-refractivity contribution >= 4 is 12.2 Å². The topological polar surface area (TPSA) is 103 Å². The Kier molecular flexibility index (Phi) is 8.63. The molecule has 0 aliphatic rings. The molecule has 0 aliphatic carbocycles. The summed E-state index contributed by atoms with van der Waals surface area (Å²) >= 11 is 0. The van der Waals surface area contributed by atoms with E-state index in [1.165, 1.54) is 6.20 Å². The van der Waals surface area contributed by atoms with Crippen LogP contribution in [0.3, 0.4) is 0 Å².